The van der Waals surface area contributed by atoms with Crippen LogP contribution in [0, 0.1) is 0 Å². The number of carbonyl (C=O) groups is 2. The Labute approximate surface area is 244 Å². The average molecular weight is 570 g/mol. The first-order chi connectivity index (χ1) is 20.5. The fourth-order valence-electron chi connectivity index (χ4n) is 4.34. The standard InChI is InChI=1S/C33H35N3O6/c1-2-3-21-41-31-28(29(37)30(31)38)36(20-19-24-13-7-4-8-14-24)35-32(39)27(22-25-15-9-5-10-16-25)34-33(40)42-23-26-17-11-6-12-18-26/h4-18,27H,2-3,19-23H2,1H3,(H,34,40)(H,35,39)/t27-/m0/s1. The number of hydrogen-bond donors (Lipinski definition) is 2. The number of rotatable bonds is 15. The van der Waals surface area contributed by atoms with E-state index in [-0.39, 0.29) is 37.6 Å². The molecule has 0 aliphatic carbocycles. The van der Waals surface area contributed by atoms with E-state index in [0.29, 0.717) is 12.8 Å². The number of carbonyl (C=O) groups excluding carboxylic acids is 2. The van der Waals surface area contributed by atoms with Gasteiger partial charge < -0.3 is 14.8 Å². The van der Waals surface area contributed by atoms with E-state index < -0.39 is 28.9 Å². The van der Waals surface area contributed by atoms with Gasteiger partial charge in [-0.2, -0.15) is 0 Å². The minimum Gasteiger partial charge on any atom is -0.487 e. The molecule has 0 saturated carbocycles. The Morgan fingerprint density at radius 1 is 0.810 bits per heavy atom. The predicted octanol–water partition coefficient (Wildman–Crippen LogP) is 4.08. The van der Waals surface area contributed by atoms with E-state index in [0.717, 1.165) is 23.1 Å². The van der Waals surface area contributed by atoms with Crippen molar-refractivity contribution in [2.24, 2.45) is 0 Å². The summed E-state index contributed by atoms with van der Waals surface area (Å²) < 4.78 is 11.0. The predicted molar refractivity (Wildman–Crippen MR) is 161 cm³/mol. The lowest BCUT2D eigenvalue weighted by atomic mass is 10.1. The number of hydrazine groups is 1. The van der Waals surface area contributed by atoms with Gasteiger partial charge in [0.2, 0.25) is 0 Å². The molecule has 9 nitrogen and oxygen atoms in total. The van der Waals surface area contributed by atoms with Gasteiger partial charge in [-0.05, 0) is 29.5 Å². The summed E-state index contributed by atoms with van der Waals surface area (Å²) in [4.78, 5) is 51.6. The molecule has 0 saturated heterocycles. The van der Waals surface area contributed by atoms with Crippen LogP contribution in [0.25, 0.3) is 0 Å². The highest BCUT2D eigenvalue weighted by atomic mass is 16.5. The fraction of sp³-hybridized carbons (Fsp3) is 0.273. The molecule has 0 aliphatic heterocycles. The van der Waals surface area contributed by atoms with Gasteiger partial charge in [-0.3, -0.25) is 24.8 Å². The largest absolute Gasteiger partial charge is 0.487 e. The van der Waals surface area contributed by atoms with Crippen molar-refractivity contribution >= 4 is 17.7 Å². The molecule has 0 bridgehead atoms. The molecule has 4 aromatic carbocycles. The molecule has 0 aromatic heterocycles. The summed E-state index contributed by atoms with van der Waals surface area (Å²) in [5, 5.41) is 4.02. The Bertz CT molecular complexity index is 1500. The van der Waals surface area contributed by atoms with Crippen molar-refractivity contribution in [2.45, 2.75) is 45.3 Å². The molecule has 4 rings (SSSR count). The first-order valence-corrected chi connectivity index (χ1v) is 14.1. The number of amides is 2. The molecule has 0 spiro atoms. The average Bonchev–Trinajstić information content (AvgIpc) is 3.03. The van der Waals surface area contributed by atoms with Crippen molar-refractivity contribution in [3.8, 4) is 5.75 Å². The maximum Gasteiger partial charge on any atom is 0.408 e. The van der Waals surface area contributed by atoms with Crippen molar-refractivity contribution in [3.63, 3.8) is 0 Å². The number of anilines is 1. The summed E-state index contributed by atoms with van der Waals surface area (Å²) in [6, 6.07) is 27.0. The lowest BCUT2D eigenvalue weighted by Gasteiger charge is -2.29. The molecular weight excluding hydrogens is 534 g/mol. The summed E-state index contributed by atoms with van der Waals surface area (Å²) in [5.41, 5.74) is 3.93. The lowest BCUT2D eigenvalue weighted by molar-refractivity contribution is -0.123. The molecule has 0 unspecified atom stereocenters. The van der Waals surface area contributed by atoms with Crippen LogP contribution in [0.2, 0.25) is 0 Å². The van der Waals surface area contributed by atoms with Crippen LogP contribution in [0.4, 0.5) is 10.5 Å². The zero-order valence-corrected chi connectivity index (χ0v) is 23.6. The minimum atomic E-state index is -1.04. The number of unbranched alkanes of at least 4 members (excludes halogenated alkanes) is 1. The van der Waals surface area contributed by atoms with Crippen molar-refractivity contribution in [3.05, 3.63) is 128 Å². The van der Waals surface area contributed by atoms with Crippen molar-refractivity contribution in [1.82, 2.24) is 10.7 Å². The normalized spacial score (nSPS) is 11.5. The number of nitrogens with one attached hydrogen (secondary N) is 2. The Morgan fingerprint density at radius 3 is 2.02 bits per heavy atom. The van der Waals surface area contributed by atoms with Gasteiger partial charge in [0.1, 0.15) is 12.6 Å². The van der Waals surface area contributed by atoms with Gasteiger partial charge in [0.05, 0.1) is 6.61 Å². The molecule has 218 valence electrons. The summed E-state index contributed by atoms with van der Waals surface area (Å²) in [6.07, 6.45) is 1.45. The number of hydrogen-bond acceptors (Lipinski definition) is 7. The lowest BCUT2D eigenvalue weighted by Crippen LogP contribution is -2.56. The SMILES string of the molecule is CCCCOc1c(N(CCc2ccccc2)NC(=O)[C@H](Cc2ccccc2)NC(=O)OCc2ccccc2)c(=O)c1=O. The van der Waals surface area contributed by atoms with Crippen LogP contribution in [0.1, 0.15) is 36.5 Å². The summed E-state index contributed by atoms with van der Waals surface area (Å²) in [6.45, 7) is 2.50. The van der Waals surface area contributed by atoms with E-state index >= 15 is 0 Å². The Hall–Kier alpha value is -4.92. The molecule has 0 fully saturated rings. The van der Waals surface area contributed by atoms with Gasteiger partial charge in [-0.15, -0.1) is 0 Å². The molecule has 0 aliphatic rings. The first kappa shape index (κ1) is 30.0. The van der Waals surface area contributed by atoms with E-state index in [1.165, 1.54) is 5.01 Å². The third kappa shape index (κ3) is 8.30. The molecule has 0 radical (unpaired) electrons. The zero-order chi connectivity index (χ0) is 29.7. The van der Waals surface area contributed by atoms with Crippen LogP contribution in [0.3, 0.4) is 0 Å². The van der Waals surface area contributed by atoms with Gasteiger partial charge in [-0.25, -0.2) is 4.79 Å². The van der Waals surface area contributed by atoms with Gasteiger partial charge >= 0.3 is 6.09 Å². The second-order valence-corrected chi connectivity index (χ2v) is 9.85. The fourth-order valence-corrected chi connectivity index (χ4v) is 4.34. The van der Waals surface area contributed by atoms with Gasteiger partial charge in [0, 0.05) is 13.0 Å². The molecule has 2 amide bonds. The summed E-state index contributed by atoms with van der Waals surface area (Å²) >= 11 is 0. The van der Waals surface area contributed by atoms with Crippen LogP contribution in [-0.4, -0.2) is 31.2 Å². The van der Waals surface area contributed by atoms with Crippen LogP contribution in [-0.2, 0) is 29.0 Å². The van der Waals surface area contributed by atoms with Gasteiger partial charge in [0.25, 0.3) is 16.8 Å². The van der Waals surface area contributed by atoms with Crippen molar-refractivity contribution in [1.29, 1.82) is 0 Å². The van der Waals surface area contributed by atoms with E-state index in [9.17, 15) is 19.2 Å². The van der Waals surface area contributed by atoms with Gasteiger partial charge in [0.15, 0.2) is 11.4 Å². The third-order valence-corrected chi connectivity index (χ3v) is 6.67. The molecule has 4 aromatic rings. The van der Waals surface area contributed by atoms with E-state index in [1.807, 2.05) is 97.9 Å². The topological polar surface area (TPSA) is 114 Å². The first-order valence-electron chi connectivity index (χ1n) is 14.1. The molecule has 42 heavy (non-hydrogen) atoms. The van der Waals surface area contributed by atoms with Crippen molar-refractivity contribution < 1.29 is 19.1 Å². The second kappa shape index (κ2) is 15.2. The number of nitrogens with zero attached hydrogens (tertiary/aromatic N) is 1. The zero-order valence-electron chi connectivity index (χ0n) is 23.6. The van der Waals surface area contributed by atoms with E-state index in [4.69, 9.17) is 9.47 Å². The molecule has 2 N–H and O–H groups in total. The molecular formula is C33H35N3O6. The van der Waals surface area contributed by atoms with E-state index in [1.54, 1.807) is 0 Å². The number of ether oxygens (including phenoxy) is 2. The Balaban J connectivity index is 1.54. The Morgan fingerprint density at radius 2 is 1.40 bits per heavy atom. The second-order valence-electron chi connectivity index (χ2n) is 9.85. The molecule has 9 heteroatoms. The number of alkyl carbamates (subject to hydrolysis) is 1. The minimum absolute atomic E-state index is 0.00509. The highest BCUT2D eigenvalue weighted by molar-refractivity contribution is 5.87. The highest BCUT2D eigenvalue weighted by Gasteiger charge is 2.31. The van der Waals surface area contributed by atoms with Crippen LogP contribution in [0.15, 0.2) is 101 Å². The van der Waals surface area contributed by atoms with Crippen LogP contribution in [0.5, 0.6) is 5.75 Å². The molecule has 0 heterocycles. The summed E-state index contributed by atoms with van der Waals surface area (Å²) in [5.74, 6) is -0.632. The van der Waals surface area contributed by atoms with E-state index in [2.05, 4.69) is 10.7 Å². The van der Waals surface area contributed by atoms with Crippen LogP contribution < -0.4 is 31.3 Å². The maximum atomic E-state index is 13.7. The smallest absolute Gasteiger partial charge is 0.408 e. The van der Waals surface area contributed by atoms with Crippen LogP contribution >= 0.6 is 0 Å². The molecule has 1 atom stereocenters. The third-order valence-electron chi connectivity index (χ3n) is 6.67. The summed E-state index contributed by atoms with van der Waals surface area (Å²) in [7, 11) is 0. The monoisotopic (exact) mass is 569 g/mol. The van der Waals surface area contributed by atoms with Gasteiger partial charge in [-0.1, -0.05) is 104 Å². The highest BCUT2D eigenvalue weighted by Crippen LogP contribution is 2.22. The number of benzene rings is 3. The van der Waals surface area contributed by atoms with Crippen molar-refractivity contribution in [2.75, 3.05) is 18.2 Å². The quantitative estimate of drug-likeness (QED) is 0.126. The maximum absolute atomic E-state index is 13.7. The Kier molecular flexibility index (Phi) is 10.9.